The molecule has 0 saturated carbocycles. The molecular weight excluding hydrogens is 374 g/mol. The molecule has 1 aliphatic rings. The molecule has 1 unspecified atom stereocenters. The second-order valence-corrected chi connectivity index (χ2v) is 7.41. The Labute approximate surface area is 173 Å². The van der Waals surface area contributed by atoms with Gasteiger partial charge in [-0.3, -0.25) is 5.41 Å². The highest BCUT2D eigenvalue weighted by atomic mass is 35.5. The van der Waals surface area contributed by atoms with Crippen LogP contribution in [0.3, 0.4) is 0 Å². The SMILES string of the molecule is CCCCCCCCc1ccc(-c2nc(C3CCCN3C(=N)N)no2)cc1.Cl. The highest BCUT2D eigenvalue weighted by molar-refractivity contribution is 5.85. The van der Waals surface area contributed by atoms with Gasteiger partial charge in [0.15, 0.2) is 11.8 Å². The summed E-state index contributed by atoms with van der Waals surface area (Å²) < 4.78 is 5.47. The first-order valence-electron chi connectivity index (χ1n) is 10.2. The Kier molecular flexibility index (Phi) is 8.77. The summed E-state index contributed by atoms with van der Waals surface area (Å²) >= 11 is 0. The standard InChI is InChI=1S/C21H31N5O.ClH/c1-2-3-4-5-6-7-9-16-11-13-17(14-12-16)20-24-19(25-27-20)18-10-8-15-26(18)21(22)23;/h11-14,18H,2-10,15H2,1H3,(H3,22,23);1H. The minimum absolute atomic E-state index is 0. The lowest BCUT2D eigenvalue weighted by Gasteiger charge is -2.21. The van der Waals surface area contributed by atoms with Gasteiger partial charge in [-0.15, -0.1) is 12.4 Å². The third-order valence-electron chi connectivity index (χ3n) is 5.32. The van der Waals surface area contributed by atoms with Gasteiger partial charge in [0.1, 0.15) is 0 Å². The van der Waals surface area contributed by atoms with Crippen molar-refractivity contribution < 1.29 is 4.52 Å². The summed E-state index contributed by atoms with van der Waals surface area (Å²) in [5.41, 5.74) is 7.95. The number of hydrogen-bond donors (Lipinski definition) is 2. The minimum atomic E-state index is -0.0491. The van der Waals surface area contributed by atoms with E-state index < -0.39 is 0 Å². The lowest BCUT2D eigenvalue weighted by atomic mass is 10.0. The van der Waals surface area contributed by atoms with Crippen molar-refractivity contribution in [1.29, 1.82) is 5.41 Å². The summed E-state index contributed by atoms with van der Waals surface area (Å²) in [6.45, 7) is 3.03. The molecule has 3 rings (SSSR count). The van der Waals surface area contributed by atoms with E-state index in [2.05, 4.69) is 41.3 Å². The zero-order valence-electron chi connectivity index (χ0n) is 16.7. The predicted octanol–water partition coefficient (Wildman–Crippen LogP) is 5.09. The number of nitrogens with zero attached hydrogens (tertiary/aromatic N) is 3. The van der Waals surface area contributed by atoms with Crippen LogP contribution in [0.2, 0.25) is 0 Å². The first-order valence-corrected chi connectivity index (χ1v) is 10.2. The normalized spacial score (nSPS) is 16.2. The number of rotatable bonds is 9. The molecule has 0 aliphatic carbocycles. The van der Waals surface area contributed by atoms with E-state index in [4.69, 9.17) is 15.7 Å². The molecule has 3 N–H and O–H groups in total. The zero-order chi connectivity index (χ0) is 19.1. The molecule has 1 atom stereocenters. The average molecular weight is 406 g/mol. The van der Waals surface area contributed by atoms with Crippen molar-refractivity contribution in [2.45, 2.75) is 70.8 Å². The first-order chi connectivity index (χ1) is 13.2. The van der Waals surface area contributed by atoms with Crippen LogP contribution >= 0.6 is 12.4 Å². The maximum Gasteiger partial charge on any atom is 0.257 e. The molecule has 154 valence electrons. The molecule has 2 aromatic rings. The Hall–Kier alpha value is -2.08. The van der Waals surface area contributed by atoms with Crippen LogP contribution in [0.5, 0.6) is 0 Å². The van der Waals surface area contributed by atoms with Crippen LogP contribution < -0.4 is 5.73 Å². The van der Waals surface area contributed by atoms with Crippen LogP contribution in [-0.4, -0.2) is 27.5 Å². The topological polar surface area (TPSA) is 92.0 Å². The summed E-state index contributed by atoms with van der Waals surface area (Å²) in [6.07, 6.45) is 10.9. The first kappa shape index (κ1) is 22.2. The van der Waals surface area contributed by atoms with Crippen LogP contribution in [0, 0.1) is 5.41 Å². The third kappa shape index (κ3) is 5.71. The quantitative estimate of drug-likeness (QED) is 0.344. The monoisotopic (exact) mass is 405 g/mol. The van der Waals surface area contributed by atoms with Crippen molar-refractivity contribution in [3.63, 3.8) is 0 Å². The lowest BCUT2D eigenvalue weighted by molar-refractivity contribution is 0.352. The van der Waals surface area contributed by atoms with E-state index in [-0.39, 0.29) is 24.4 Å². The Morgan fingerprint density at radius 2 is 1.89 bits per heavy atom. The summed E-state index contributed by atoms with van der Waals surface area (Å²) in [4.78, 5) is 6.39. The van der Waals surface area contributed by atoms with Crippen molar-refractivity contribution in [2.24, 2.45) is 5.73 Å². The number of hydrogen-bond acceptors (Lipinski definition) is 4. The number of nitrogens with one attached hydrogen (secondary N) is 1. The van der Waals surface area contributed by atoms with E-state index in [1.165, 1.54) is 44.1 Å². The maximum atomic E-state index is 7.69. The van der Waals surface area contributed by atoms with E-state index in [1.54, 1.807) is 0 Å². The largest absolute Gasteiger partial charge is 0.370 e. The van der Waals surface area contributed by atoms with Gasteiger partial charge in [-0.05, 0) is 43.4 Å². The highest BCUT2D eigenvalue weighted by Crippen LogP contribution is 2.31. The lowest BCUT2D eigenvalue weighted by Crippen LogP contribution is -2.36. The van der Waals surface area contributed by atoms with Crippen molar-refractivity contribution >= 4 is 18.4 Å². The molecule has 1 saturated heterocycles. The maximum absolute atomic E-state index is 7.69. The second kappa shape index (κ2) is 11.1. The summed E-state index contributed by atoms with van der Waals surface area (Å²) in [5, 5.41) is 11.8. The van der Waals surface area contributed by atoms with Crippen molar-refractivity contribution in [3.05, 3.63) is 35.7 Å². The molecule has 6 nitrogen and oxygen atoms in total. The average Bonchev–Trinajstić information content (AvgIpc) is 3.34. The summed E-state index contributed by atoms with van der Waals surface area (Å²) in [7, 11) is 0. The van der Waals surface area contributed by atoms with Crippen molar-refractivity contribution in [3.8, 4) is 11.5 Å². The molecule has 7 heteroatoms. The summed E-state index contributed by atoms with van der Waals surface area (Å²) in [5.74, 6) is 1.23. The van der Waals surface area contributed by atoms with Gasteiger partial charge in [-0.25, -0.2) is 0 Å². The molecular formula is C21H32ClN5O. The molecule has 28 heavy (non-hydrogen) atoms. The fourth-order valence-corrected chi connectivity index (χ4v) is 3.73. The fraction of sp³-hybridized carbons (Fsp3) is 0.571. The fourth-order valence-electron chi connectivity index (χ4n) is 3.73. The van der Waals surface area contributed by atoms with Crippen LogP contribution in [0.4, 0.5) is 0 Å². The molecule has 0 spiro atoms. The molecule has 2 heterocycles. The van der Waals surface area contributed by atoms with Crippen LogP contribution in [0.1, 0.15) is 75.7 Å². The van der Waals surface area contributed by atoms with Crippen molar-refractivity contribution in [1.82, 2.24) is 15.0 Å². The van der Waals surface area contributed by atoms with E-state index in [9.17, 15) is 0 Å². The molecule has 0 bridgehead atoms. The number of benzene rings is 1. The molecule has 0 radical (unpaired) electrons. The van der Waals surface area contributed by atoms with Gasteiger partial charge >= 0.3 is 0 Å². The third-order valence-corrected chi connectivity index (χ3v) is 5.32. The molecule has 1 aliphatic heterocycles. The number of guanidine groups is 1. The molecule has 0 amide bonds. The van der Waals surface area contributed by atoms with Crippen molar-refractivity contribution in [2.75, 3.05) is 6.54 Å². The van der Waals surface area contributed by atoms with Crippen LogP contribution in [-0.2, 0) is 6.42 Å². The van der Waals surface area contributed by atoms with E-state index in [1.807, 2.05) is 4.90 Å². The van der Waals surface area contributed by atoms with Gasteiger partial charge in [0, 0.05) is 12.1 Å². The zero-order valence-corrected chi connectivity index (χ0v) is 17.5. The van der Waals surface area contributed by atoms with E-state index >= 15 is 0 Å². The number of aryl methyl sites for hydroxylation is 1. The smallest absolute Gasteiger partial charge is 0.257 e. The van der Waals surface area contributed by atoms with Gasteiger partial charge in [0.05, 0.1) is 6.04 Å². The molecule has 1 aromatic heterocycles. The number of likely N-dealkylation sites (tertiary alicyclic amines) is 1. The van der Waals surface area contributed by atoms with E-state index in [0.29, 0.717) is 11.7 Å². The Morgan fingerprint density at radius 1 is 1.18 bits per heavy atom. The second-order valence-electron chi connectivity index (χ2n) is 7.41. The number of nitrogens with two attached hydrogens (primary N) is 1. The van der Waals surface area contributed by atoms with Gasteiger partial charge in [0.2, 0.25) is 0 Å². The predicted molar refractivity (Wildman–Crippen MR) is 115 cm³/mol. The number of aromatic nitrogens is 2. The van der Waals surface area contributed by atoms with Gasteiger partial charge in [-0.2, -0.15) is 4.98 Å². The van der Waals surface area contributed by atoms with E-state index in [0.717, 1.165) is 31.4 Å². The molecule has 1 aromatic carbocycles. The van der Waals surface area contributed by atoms with Gasteiger partial charge in [-0.1, -0.05) is 56.3 Å². The van der Waals surface area contributed by atoms with Gasteiger partial charge in [0.25, 0.3) is 5.89 Å². The Balaban J connectivity index is 0.00000280. The minimum Gasteiger partial charge on any atom is -0.370 e. The highest BCUT2D eigenvalue weighted by Gasteiger charge is 2.31. The Bertz CT molecular complexity index is 731. The number of unbranched alkanes of at least 4 members (excludes halogenated alkanes) is 5. The molecule has 1 fully saturated rings. The summed E-state index contributed by atoms with van der Waals surface area (Å²) in [6, 6.07) is 8.38. The van der Waals surface area contributed by atoms with Crippen LogP contribution in [0.25, 0.3) is 11.5 Å². The number of halogens is 1. The van der Waals surface area contributed by atoms with Gasteiger partial charge < -0.3 is 15.2 Å². The van der Waals surface area contributed by atoms with Crippen LogP contribution in [0.15, 0.2) is 28.8 Å². The Morgan fingerprint density at radius 3 is 2.61 bits per heavy atom.